The molecule has 120 valence electrons. The van der Waals surface area contributed by atoms with E-state index in [2.05, 4.69) is 21.7 Å². The number of ether oxygens (including phenoxy) is 1. The Hall–Kier alpha value is -1.82. The fourth-order valence-corrected chi connectivity index (χ4v) is 3.82. The number of nitrogens with zero attached hydrogens (tertiary/aromatic N) is 3. The zero-order chi connectivity index (χ0) is 15.8. The van der Waals surface area contributed by atoms with Gasteiger partial charge in [0.15, 0.2) is 10.9 Å². The van der Waals surface area contributed by atoms with E-state index < -0.39 is 0 Å². The molecule has 23 heavy (non-hydrogen) atoms. The maximum atomic E-state index is 12.5. The van der Waals surface area contributed by atoms with Gasteiger partial charge in [0, 0.05) is 24.4 Å². The van der Waals surface area contributed by atoms with Crippen molar-refractivity contribution < 1.29 is 9.53 Å². The van der Waals surface area contributed by atoms with Gasteiger partial charge in [-0.2, -0.15) is 0 Å². The summed E-state index contributed by atoms with van der Waals surface area (Å²) in [7, 11) is 0. The number of carbonyl (C=O) groups is 1. The highest BCUT2D eigenvalue weighted by Gasteiger charge is 2.30. The smallest absolute Gasteiger partial charge is 0.191 e. The maximum absolute atomic E-state index is 12.5. The van der Waals surface area contributed by atoms with Crippen molar-refractivity contribution >= 4 is 17.5 Å². The highest BCUT2D eigenvalue weighted by Crippen LogP contribution is 2.40. The summed E-state index contributed by atoms with van der Waals surface area (Å²) in [6.07, 6.45) is 3.30. The summed E-state index contributed by atoms with van der Waals surface area (Å²) >= 11 is 1.48. The van der Waals surface area contributed by atoms with Gasteiger partial charge in [-0.3, -0.25) is 4.79 Å². The van der Waals surface area contributed by atoms with Gasteiger partial charge in [0.25, 0.3) is 0 Å². The predicted molar refractivity (Wildman–Crippen MR) is 88.4 cm³/mol. The molecule has 0 atom stereocenters. The number of fused-ring (bicyclic) bond motifs is 1. The second-order valence-corrected chi connectivity index (χ2v) is 6.93. The molecule has 1 aromatic carbocycles. The van der Waals surface area contributed by atoms with Crippen LogP contribution in [-0.2, 0) is 13.0 Å². The number of ketones is 1. The van der Waals surface area contributed by atoms with Crippen LogP contribution in [0.1, 0.15) is 47.4 Å². The molecule has 1 fully saturated rings. The molecule has 6 heteroatoms. The largest absolute Gasteiger partial charge is 0.493 e. The molecular weight excluding hydrogens is 310 g/mol. The molecule has 2 aliphatic rings. The van der Waals surface area contributed by atoms with Gasteiger partial charge in [-0.05, 0) is 43.5 Å². The number of hydrogen-bond acceptors (Lipinski definition) is 5. The Kier molecular flexibility index (Phi) is 3.85. The minimum absolute atomic E-state index is 0.128. The quantitative estimate of drug-likeness (QED) is 0.602. The molecule has 0 spiro atoms. The van der Waals surface area contributed by atoms with E-state index in [0.717, 1.165) is 40.8 Å². The SMILES string of the molecule is CCn1c(SCC(=O)c2ccc3c(c2)CCO3)nnc1C1CC1. The molecule has 0 saturated heterocycles. The van der Waals surface area contributed by atoms with Crippen molar-refractivity contribution in [2.75, 3.05) is 12.4 Å². The van der Waals surface area contributed by atoms with Crippen molar-refractivity contribution in [3.8, 4) is 5.75 Å². The van der Waals surface area contributed by atoms with Crippen LogP contribution < -0.4 is 4.74 Å². The number of aromatic nitrogens is 3. The van der Waals surface area contributed by atoms with Crippen LogP contribution in [0, 0.1) is 0 Å². The van der Waals surface area contributed by atoms with E-state index in [1.807, 2.05) is 18.2 Å². The van der Waals surface area contributed by atoms with E-state index in [4.69, 9.17) is 4.74 Å². The zero-order valence-electron chi connectivity index (χ0n) is 13.1. The van der Waals surface area contributed by atoms with E-state index in [1.165, 1.54) is 24.6 Å². The monoisotopic (exact) mass is 329 g/mol. The Balaban J connectivity index is 1.45. The molecule has 0 N–H and O–H groups in total. The first-order valence-electron chi connectivity index (χ1n) is 8.11. The number of thioether (sulfide) groups is 1. The molecular formula is C17H19N3O2S. The van der Waals surface area contributed by atoms with Crippen molar-refractivity contribution in [3.63, 3.8) is 0 Å². The molecule has 1 aromatic heterocycles. The van der Waals surface area contributed by atoms with Gasteiger partial charge in [0.2, 0.25) is 0 Å². The molecule has 1 saturated carbocycles. The number of benzene rings is 1. The molecule has 2 heterocycles. The summed E-state index contributed by atoms with van der Waals surface area (Å²) in [6.45, 7) is 3.67. The third-order valence-electron chi connectivity index (χ3n) is 4.35. The van der Waals surface area contributed by atoms with Gasteiger partial charge in [-0.15, -0.1) is 10.2 Å². The molecule has 0 bridgehead atoms. The summed E-state index contributed by atoms with van der Waals surface area (Å²) in [5.41, 5.74) is 1.89. The third-order valence-corrected chi connectivity index (χ3v) is 5.31. The minimum Gasteiger partial charge on any atom is -0.493 e. The lowest BCUT2D eigenvalue weighted by Crippen LogP contribution is -2.06. The van der Waals surface area contributed by atoms with Crippen LogP contribution in [0.5, 0.6) is 5.75 Å². The first-order chi connectivity index (χ1) is 11.3. The Bertz CT molecular complexity index is 752. The summed E-state index contributed by atoms with van der Waals surface area (Å²) in [5, 5.41) is 9.44. The second kappa shape index (κ2) is 6.00. The fourth-order valence-electron chi connectivity index (χ4n) is 2.92. The van der Waals surface area contributed by atoms with Gasteiger partial charge < -0.3 is 9.30 Å². The third kappa shape index (κ3) is 2.87. The molecule has 0 amide bonds. The number of carbonyl (C=O) groups excluding carboxylic acids is 1. The minimum atomic E-state index is 0.128. The fraction of sp³-hybridized carbons (Fsp3) is 0.471. The lowest BCUT2D eigenvalue weighted by molar-refractivity contribution is 0.102. The van der Waals surface area contributed by atoms with Crippen LogP contribution >= 0.6 is 11.8 Å². The van der Waals surface area contributed by atoms with E-state index in [0.29, 0.717) is 18.3 Å². The number of rotatable bonds is 6. The van der Waals surface area contributed by atoms with Gasteiger partial charge in [-0.25, -0.2) is 0 Å². The lowest BCUT2D eigenvalue weighted by atomic mass is 10.1. The van der Waals surface area contributed by atoms with E-state index in [9.17, 15) is 4.79 Å². The normalized spacial score (nSPS) is 16.2. The van der Waals surface area contributed by atoms with Gasteiger partial charge in [0.1, 0.15) is 11.6 Å². The molecule has 2 aromatic rings. The second-order valence-electron chi connectivity index (χ2n) is 5.99. The maximum Gasteiger partial charge on any atom is 0.191 e. The summed E-state index contributed by atoms with van der Waals surface area (Å²) < 4.78 is 7.63. The Morgan fingerprint density at radius 1 is 1.39 bits per heavy atom. The first-order valence-corrected chi connectivity index (χ1v) is 9.09. The van der Waals surface area contributed by atoms with Crippen molar-refractivity contribution in [3.05, 3.63) is 35.2 Å². The van der Waals surface area contributed by atoms with Gasteiger partial charge in [0.05, 0.1) is 12.4 Å². The van der Waals surface area contributed by atoms with E-state index >= 15 is 0 Å². The molecule has 4 rings (SSSR count). The molecule has 5 nitrogen and oxygen atoms in total. The number of hydrogen-bond donors (Lipinski definition) is 0. The molecule has 1 aliphatic carbocycles. The van der Waals surface area contributed by atoms with Crippen LogP contribution in [-0.4, -0.2) is 32.9 Å². The van der Waals surface area contributed by atoms with Crippen LogP contribution in [0.15, 0.2) is 23.4 Å². The standard InChI is InChI=1S/C17H19N3O2S/c1-2-20-16(11-3-4-11)18-19-17(20)23-10-14(21)12-5-6-15-13(9-12)7-8-22-15/h5-6,9,11H,2-4,7-8,10H2,1H3. The Morgan fingerprint density at radius 3 is 3.04 bits per heavy atom. The van der Waals surface area contributed by atoms with Crippen molar-refractivity contribution in [1.29, 1.82) is 0 Å². The topological polar surface area (TPSA) is 57.0 Å². The van der Waals surface area contributed by atoms with Crippen molar-refractivity contribution in [2.45, 2.75) is 43.8 Å². The Morgan fingerprint density at radius 2 is 2.26 bits per heavy atom. The summed E-state index contributed by atoms with van der Waals surface area (Å²) in [6, 6.07) is 5.72. The highest BCUT2D eigenvalue weighted by molar-refractivity contribution is 7.99. The van der Waals surface area contributed by atoms with E-state index in [1.54, 1.807) is 0 Å². The van der Waals surface area contributed by atoms with Gasteiger partial charge in [-0.1, -0.05) is 11.8 Å². The van der Waals surface area contributed by atoms with Gasteiger partial charge >= 0.3 is 0 Å². The summed E-state index contributed by atoms with van der Waals surface area (Å²) in [4.78, 5) is 12.5. The average molecular weight is 329 g/mol. The van der Waals surface area contributed by atoms with E-state index in [-0.39, 0.29) is 5.78 Å². The molecule has 0 unspecified atom stereocenters. The Labute approximate surface area is 139 Å². The van der Waals surface area contributed by atoms with Crippen LogP contribution in [0.4, 0.5) is 0 Å². The predicted octanol–water partition coefficient (Wildman–Crippen LogP) is 3.09. The average Bonchev–Trinajstić information content (AvgIpc) is 3.17. The summed E-state index contributed by atoms with van der Waals surface area (Å²) in [5.74, 6) is 3.08. The van der Waals surface area contributed by atoms with Crippen molar-refractivity contribution in [1.82, 2.24) is 14.8 Å². The van der Waals surface area contributed by atoms with Crippen LogP contribution in [0.25, 0.3) is 0 Å². The van der Waals surface area contributed by atoms with Crippen molar-refractivity contribution in [2.24, 2.45) is 0 Å². The number of Topliss-reactive ketones (excluding diaryl/α,β-unsaturated/α-hetero) is 1. The molecule has 0 radical (unpaired) electrons. The first kappa shape index (κ1) is 14.8. The van der Waals surface area contributed by atoms with Crippen LogP contribution in [0.2, 0.25) is 0 Å². The molecule has 1 aliphatic heterocycles. The lowest BCUT2D eigenvalue weighted by Gasteiger charge is -2.06. The highest BCUT2D eigenvalue weighted by atomic mass is 32.2. The zero-order valence-corrected chi connectivity index (χ0v) is 13.9. The van der Waals surface area contributed by atoms with Crippen LogP contribution in [0.3, 0.4) is 0 Å².